The van der Waals surface area contributed by atoms with Gasteiger partial charge in [-0.1, -0.05) is 0 Å². The molecule has 0 aliphatic heterocycles. The third-order valence-corrected chi connectivity index (χ3v) is 2.58. The Morgan fingerprint density at radius 1 is 0.375 bits per heavy atom. The Labute approximate surface area is 144 Å². The van der Waals surface area contributed by atoms with Gasteiger partial charge >= 0.3 is 0 Å². The molecule has 0 fully saturated rings. The standard InChI is InChI=1S/C16H28N2O6/c17-3-1-5-19-7-9-21-11-13-23-15-16-24-14-12-22-10-8-20-6-2-4-18/h1-2,5-16H2. The van der Waals surface area contributed by atoms with E-state index in [0.29, 0.717) is 92.1 Å². The van der Waals surface area contributed by atoms with Crippen molar-refractivity contribution in [3.8, 4) is 12.1 Å². The molecule has 0 heterocycles. The highest BCUT2D eigenvalue weighted by Gasteiger charge is 1.94. The van der Waals surface area contributed by atoms with Crippen molar-refractivity contribution in [1.82, 2.24) is 0 Å². The van der Waals surface area contributed by atoms with Crippen LogP contribution in [0.4, 0.5) is 0 Å². The van der Waals surface area contributed by atoms with Crippen molar-refractivity contribution in [2.45, 2.75) is 12.8 Å². The van der Waals surface area contributed by atoms with E-state index < -0.39 is 0 Å². The van der Waals surface area contributed by atoms with Crippen LogP contribution in [-0.4, -0.2) is 79.3 Å². The molecule has 0 aliphatic carbocycles. The van der Waals surface area contributed by atoms with Gasteiger partial charge in [0.15, 0.2) is 0 Å². The average molecular weight is 344 g/mol. The molecule has 0 bridgehead atoms. The Kier molecular flexibility index (Phi) is 20.6. The topological polar surface area (TPSA) is 103 Å². The average Bonchev–Trinajstić information content (AvgIpc) is 2.60. The Hall–Kier alpha value is -1.26. The van der Waals surface area contributed by atoms with Crippen LogP contribution in [0.2, 0.25) is 0 Å². The molecule has 0 saturated carbocycles. The molecule has 8 heteroatoms. The molecule has 0 N–H and O–H groups in total. The third-order valence-electron chi connectivity index (χ3n) is 2.58. The molecule has 24 heavy (non-hydrogen) atoms. The van der Waals surface area contributed by atoms with Crippen LogP contribution in [0.1, 0.15) is 12.8 Å². The monoisotopic (exact) mass is 344 g/mol. The number of nitrogens with zero attached hydrogens (tertiary/aromatic N) is 2. The molecular weight excluding hydrogens is 316 g/mol. The van der Waals surface area contributed by atoms with Gasteiger partial charge in [0.1, 0.15) is 0 Å². The van der Waals surface area contributed by atoms with E-state index in [9.17, 15) is 0 Å². The SMILES string of the molecule is N#CCCOCCOCCOCCOCCOCCOCCC#N. The molecule has 0 radical (unpaired) electrons. The van der Waals surface area contributed by atoms with Gasteiger partial charge in [0.25, 0.3) is 0 Å². The number of rotatable bonds is 19. The van der Waals surface area contributed by atoms with E-state index in [1.807, 2.05) is 12.1 Å². The number of nitriles is 2. The lowest BCUT2D eigenvalue weighted by Crippen LogP contribution is -2.14. The molecule has 0 rings (SSSR count). The van der Waals surface area contributed by atoms with Crippen LogP contribution in [0.5, 0.6) is 0 Å². The fraction of sp³-hybridized carbons (Fsp3) is 0.875. The van der Waals surface area contributed by atoms with Crippen molar-refractivity contribution in [1.29, 1.82) is 10.5 Å². The van der Waals surface area contributed by atoms with Crippen molar-refractivity contribution in [2.75, 3.05) is 79.3 Å². The number of ether oxygens (including phenoxy) is 6. The molecule has 8 nitrogen and oxygen atoms in total. The minimum atomic E-state index is 0.407. The summed E-state index contributed by atoms with van der Waals surface area (Å²) < 4.78 is 31.6. The van der Waals surface area contributed by atoms with Gasteiger partial charge in [-0.05, 0) is 0 Å². The molecule has 0 aromatic carbocycles. The zero-order valence-electron chi connectivity index (χ0n) is 14.2. The highest BCUT2D eigenvalue weighted by Crippen LogP contribution is 1.85. The molecule has 0 unspecified atom stereocenters. The fourth-order valence-corrected chi connectivity index (χ4v) is 1.44. The van der Waals surface area contributed by atoms with E-state index in [0.717, 1.165) is 0 Å². The maximum Gasteiger partial charge on any atom is 0.0701 e. The molecule has 0 atom stereocenters. The lowest BCUT2D eigenvalue weighted by atomic mass is 10.5. The van der Waals surface area contributed by atoms with Crippen LogP contribution in [0, 0.1) is 22.7 Å². The zero-order chi connectivity index (χ0) is 17.6. The number of hydrogen-bond acceptors (Lipinski definition) is 8. The van der Waals surface area contributed by atoms with Crippen molar-refractivity contribution < 1.29 is 28.4 Å². The van der Waals surface area contributed by atoms with E-state index in [1.165, 1.54) is 0 Å². The van der Waals surface area contributed by atoms with E-state index in [-0.39, 0.29) is 0 Å². The molecule has 138 valence electrons. The van der Waals surface area contributed by atoms with Crippen LogP contribution in [0.15, 0.2) is 0 Å². The summed E-state index contributed by atoms with van der Waals surface area (Å²) in [5.74, 6) is 0. The van der Waals surface area contributed by atoms with Crippen molar-refractivity contribution in [3.05, 3.63) is 0 Å². The predicted molar refractivity (Wildman–Crippen MR) is 85.4 cm³/mol. The van der Waals surface area contributed by atoms with Gasteiger partial charge in [-0.2, -0.15) is 10.5 Å². The summed E-state index contributed by atoms with van der Waals surface area (Å²) >= 11 is 0. The van der Waals surface area contributed by atoms with Crippen molar-refractivity contribution >= 4 is 0 Å². The Morgan fingerprint density at radius 2 is 0.583 bits per heavy atom. The molecule has 0 aliphatic rings. The maximum atomic E-state index is 8.31. The van der Waals surface area contributed by atoms with E-state index in [4.69, 9.17) is 38.9 Å². The van der Waals surface area contributed by atoms with Crippen molar-refractivity contribution in [3.63, 3.8) is 0 Å². The zero-order valence-corrected chi connectivity index (χ0v) is 14.2. The van der Waals surface area contributed by atoms with Gasteiger partial charge in [0.2, 0.25) is 0 Å². The van der Waals surface area contributed by atoms with E-state index in [1.54, 1.807) is 0 Å². The minimum Gasteiger partial charge on any atom is -0.378 e. The lowest BCUT2D eigenvalue weighted by Gasteiger charge is -2.07. The molecule has 0 saturated heterocycles. The molecule has 0 spiro atoms. The van der Waals surface area contributed by atoms with E-state index >= 15 is 0 Å². The Morgan fingerprint density at radius 3 is 0.792 bits per heavy atom. The number of hydrogen-bond donors (Lipinski definition) is 0. The summed E-state index contributed by atoms with van der Waals surface area (Å²) in [7, 11) is 0. The molecular formula is C16H28N2O6. The Balaban J connectivity index is 2.96. The van der Waals surface area contributed by atoms with Crippen LogP contribution < -0.4 is 0 Å². The van der Waals surface area contributed by atoms with E-state index in [2.05, 4.69) is 0 Å². The van der Waals surface area contributed by atoms with Gasteiger partial charge in [-0.3, -0.25) is 0 Å². The predicted octanol–water partition coefficient (Wildman–Crippen LogP) is 0.913. The highest BCUT2D eigenvalue weighted by molar-refractivity contribution is 4.67. The quantitative estimate of drug-likeness (QED) is 0.319. The molecule has 0 aromatic heterocycles. The van der Waals surface area contributed by atoms with Crippen LogP contribution in [-0.2, 0) is 28.4 Å². The minimum absolute atomic E-state index is 0.407. The second-order valence-electron chi connectivity index (χ2n) is 4.49. The van der Waals surface area contributed by atoms with Crippen LogP contribution >= 0.6 is 0 Å². The lowest BCUT2D eigenvalue weighted by molar-refractivity contribution is -0.0162. The Bertz CT molecular complexity index is 298. The normalized spacial score (nSPS) is 10.4. The second-order valence-corrected chi connectivity index (χ2v) is 4.49. The van der Waals surface area contributed by atoms with Crippen LogP contribution in [0.25, 0.3) is 0 Å². The first-order chi connectivity index (χ1) is 11.9. The van der Waals surface area contributed by atoms with Gasteiger partial charge < -0.3 is 28.4 Å². The third kappa shape index (κ3) is 20.7. The van der Waals surface area contributed by atoms with Crippen molar-refractivity contribution in [2.24, 2.45) is 0 Å². The van der Waals surface area contributed by atoms with Gasteiger partial charge in [0, 0.05) is 0 Å². The summed E-state index contributed by atoms with van der Waals surface area (Å²) in [6, 6.07) is 4.01. The fourth-order valence-electron chi connectivity index (χ4n) is 1.44. The largest absolute Gasteiger partial charge is 0.378 e. The summed E-state index contributed by atoms with van der Waals surface area (Å²) in [6.45, 7) is 5.97. The van der Waals surface area contributed by atoms with Crippen LogP contribution in [0.3, 0.4) is 0 Å². The summed E-state index contributed by atoms with van der Waals surface area (Å²) in [6.07, 6.45) is 0.814. The molecule has 0 amide bonds. The van der Waals surface area contributed by atoms with Gasteiger partial charge in [-0.15, -0.1) is 0 Å². The highest BCUT2D eigenvalue weighted by atomic mass is 16.6. The summed E-state index contributed by atoms with van der Waals surface area (Å²) in [5.41, 5.74) is 0. The first kappa shape index (κ1) is 22.7. The first-order valence-electron chi connectivity index (χ1n) is 8.12. The maximum absolute atomic E-state index is 8.31. The second kappa shape index (κ2) is 21.7. The van der Waals surface area contributed by atoms with Gasteiger partial charge in [-0.25, -0.2) is 0 Å². The van der Waals surface area contributed by atoms with Gasteiger partial charge in [0.05, 0.1) is 104 Å². The summed E-state index contributed by atoms with van der Waals surface area (Å²) in [5, 5.41) is 16.6. The smallest absolute Gasteiger partial charge is 0.0701 e. The molecule has 0 aromatic rings. The first-order valence-corrected chi connectivity index (χ1v) is 8.12. The summed E-state index contributed by atoms with van der Waals surface area (Å²) in [4.78, 5) is 0.